The molecule has 1 aromatic carbocycles. The predicted molar refractivity (Wildman–Crippen MR) is 126 cm³/mol. The number of ether oxygens (including phenoxy) is 2. The van der Waals surface area contributed by atoms with Crippen molar-refractivity contribution >= 4 is 11.9 Å². The van der Waals surface area contributed by atoms with E-state index in [-0.39, 0.29) is 29.8 Å². The van der Waals surface area contributed by atoms with E-state index in [0.717, 1.165) is 16.8 Å². The number of carbonyl (C=O) groups is 2. The van der Waals surface area contributed by atoms with Gasteiger partial charge in [0, 0.05) is 23.2 Å². The van der Waals surface area contributed by atoms with E-state index in [9.17, 15) is 9.59 Å². The van der Waals surface area contributed by atoms with Gasteiger partial charge in [0.1, 0.15) is 12.2 Å². The molecule has 1 saturated carbocycles. The second-order valence-corrected chi connectivity index (χ2v) is 10.3. The van der Waals surface area contributed by atoms with Gasteiger partial charge in [-0.05, 0) is 82.2 Å². The van der Waals surface area contributed by atoms with Crippen molar-refractivity contribution in [3.63, 3.8) is 0 Å². The van der Waals surface area contributed by atoms with E-state index in [0.29, 0.717) is 0 Å². The molecule has 5 nitrogen and oxygen atoms in total. The highest BCUT2D eigenvalue weighted by Crippen LogP contribution is 2.59. The normalized spacial score (nSPS) is 19.8. The van der Waals surface area contributed by atoms with Crippen LogP contribution in [0.15, 0.2) is 42.5 Å². The predicted octanol–water partition coefficient (Wildman–Crippen LogP) is 5.62. The summed E-state index contributed by atoms with van der Waals surface area (Å²) < 4.78 is 13.2. The number of carbonyl (C=O) groups excluding carboxylic acids is 2. The zero-order chi connectivity index (χ0) is 23.8. The third-order valence-electron chi connectivity index (χ3n) is 6.31. The first-order chi connectivity index (χ1) is 14.8. The Bertz CT molecular complexity index is 1030. The fraction of sp³-hybridized carbons (Fsp3) is 0.481. The van der Waals surface area contributed by atoms with Crippen molar-refractivity contribution in [3.05, 3.63) is 65.0 Å². The summed E-state index contributed by atoms with van der Waals surface area (Å²) in [6.45, 7) is 16.0. The highest BCUT2D eigenvalue weighted by molar-refractivity contribution is 5.83. The summed E-state index contributed by atoms with van der Waals surface area (Å²) in [5.41, 5.74) is 4.73. The Morgan fingerprint density at radius 3 is 2.28 bits per heavy atom. The van der Waals surface area contributed by atoms with Gasteiger partial charge in [-0.3, -0.25) is 4.79 Å². The third-order valence-corrected chi connectivity index (χ3v) is 6.31. The van der Waals surface area contributed by atoms with Gasteiger partial charge in [0.2, 0.25) is 0 Å². The van der Waals surface area contributed by atoms with Crippen molar-refractivity contribution < 1.29 is 19.1 Å². The van der Waals surface area contributed by atoms with Crippen LogP contribution in [0, 0.1) is 38.0 Å². The molecule has 1 heterocycles. The molecule has 1 fully saturated rings. The lowest BCUT2D eigenvalue weighted by Crippen LogP contribution is -2.22. The van der Waals surface area contributed by atoms with Gasteiger partial charge < -0.3 is 14.0 Å². The average molecular weight is 438 g/mol. The number of aryl methyl sites for hydroxylation is 2. The van der Waals surface area contributed by atoms with E-state index >= 15 is 0 Å². The molecule has 2 atom stereocenters. The molecule has 1 aliphatic carbocycles. The molecule has 0 spiro atoms. The minimum Gasteiger partial charge on any atom is -0.461 e. The molecule has 32 heavy (non-hydrogen) atoms. The second-order valence-electron chi connectivity index (χ2n) is 10.3. The van der Waals surface area contributed by atoms with Gasteiger partial charge in [0.15, 0.2) is 0 Å². The van der Waals surface area contributed by atoms with Gasteiger partial charge in [-0.1, -0.05) is 32.1 Å². The maximum absolute atomic E-state index is 12.8. The van der Waals surface area contributed by atoms with Crippen LogP contribution in [0.1, 0.15) is 57.1 Å². The van der Waals surface area contributed by atoms with Crippen molar-refractivity contribution in [2.75, 3.05) is 0 Å². The number of allylic oxidation sites excluding steroid dienone is 1. The zero-order valence-electron chi connectivity index (χ0n) is 20.5. The summed E-state index contributed by atoms with van der Waals surface area (Å²) in [6.07, 6.45) is 3.21. The first kappa shape index (κ1) is 23.8. The number of hydrogen-bond acceptors (Lipinski definition) is 4. The summed E-state index contributed by atoms with van der Waals surface area (Å²) in [6, 6.07) is 10.3. The van der Waals surface area contributed by atoms with Gasteiger partial charge in [-0.25, -0.2) is 4.79 Å². The summed E-state index contributed by atoms with van der Waals surface area (Å²) in [4.78, 5) is 24.8. The van der Waals surface area contributed by atoms with Crippen LogP contribution in [0.3, 0.4) is 0 Å². The minimum absolute atomic E-state index is 0.0416. The largest absolute Gasteiger partial charge is 0.461 e. The molecular weight excluding hydrogens is 402 g/mol. The Morgan fingerprint density at radius 2 is 1.69 bits per heavy atom. The summed E-state index contributed by atoms with van der Waals surface area (Å²) in [7, 11) is 0. The molecule has 0 aliphatic heterocycles. The van der Waals surface area contributed by atoms with E-state index in [1.54, 1.807) is 6.08 Å². The number of nitrogens with zero attached hydrogens (tertiary/aromatic N) is 1. The fourth-order valence-electron chi connectivity index (χ4n) is 4.36. The molecule has 0 radical (unpaired) electrons. The number of aromatic nitrogens is 1. The maximum Gasteiger partial charge on any atom is 0.330 e. The van der Waals surface area contributed by atoms with Crippen LogP contribution < -0.4 is 0 Å². The van der Waals surface area contributed by atoms with Gasteiger partial charge in [0.25, 0.3) is 0 Å². The minimum atomic E-state index is -0.539. The quantitative estimate of drug-likeness (QED) is 0.435. The summed E-state index contributed by atoms with van der Waals surface area (Å²) >= 11 is 0. The zero-order valence-corrected chi connectivity index (χ0v) is 20.5. The van der Waals surface area contributed by atoms with Crippen molar-refractivity contribution in [2.24, 2.45) is 17.3 Å². The Balaban J connectivity index is 1.66. The molecule has 0 saturated heterocycles. The molecule has 0 amide bonds. The lowest BCUT2D eigenvalue weighted by Gasteiger charge is -2.17. The standard InChI is InChI=1S/C27H35NO4/c1-17-12-13-18(2)28(17)22-11-9-10-20(19(22)3)16-31-25(30)24-21(27(24,7)8)14-15-23(29)32-26(4,5)6/h9-15,21,24H,16H2,1-8H3/t21-,24-/m0/s1. The molecule has 1 aliphatic rings. The van der Waals surface area contributed by atoms with E-state index in [1.807, 2.05) is 46.8 Å². The van der Waals surface area contributed by atoms with Gasteiger partial charge in [-0.15, -0.1) is 0 Å². The van der Waals surface area contributed by atoms with Gasteiger partial charge in [0.05, 0.1) is 5.92 Å². The number of hydrogen-bond donors (Lipinski definition) is 0. The lowest BCUT2D eigenvalue weighted by atomic mass is 10.1. The van der Waals surface area contributed by atoms with Crippen LogP contribution >= 0.6 is 0 Å². The topological polar surface area (TPSA) is 57.5 Å². The molecule has 3 rings (SSSR count). The Kier molecular flexibility index (Phi) is 6.41. The molecule has 0 unspecified atom stereocenters. The summed E-state index contributed by atoms with van der Waals surface area (Å²) in [5.74, 6) is -0.930. The molecule has 1 aromatic heterocycles. The molecule has 172 valence electrons. The van der Waals surface area contributed by atoms with Crippen molar-refractivity contribution in [2.45, 2.75) is 67.6 Å². The van der Waals surface area contributed by atoms with Crippen LogP contribution in [0.25, 0.3) is 5.69 Å². The highest BCUT2D eigenvalue weighted by Gasteiger charge is 2.61. The Labute approximate surface area is 191 Å². The SMILES string of the molecule is Cc1c(COC(=O)[C@@H]2[C@H](C=CC(=O)OC(C)(C)C)C2(C)C)cccc1-n1c(C)ccc1C. The Hall–Kier alpha value is -2.82. The van der Waals surface area contributed by atoms with Crippen LogP contribution in [0.2, 0.25) is 0 Å². The molecule has 0 N–H and O–H groups in total. The van der Waals surface area contributed by atoms with Crippen molar-refractivity contribution in [1.82, 2.24) is 4.57 Å². The lowest BCUT2D eigenvalue weighted by molar-refractivity contribution is -0.149. The van der Waals surface area contributed by atoms with Crippen LogP contribution in [0.4, 0.5) is 0 Å². The van der Waals surface area contributed by atoms with Gasteiger partial charge in [-0.2, -0.15) is 0 Å². The Morgan fingerprint density at radius 1 is 1.06 bits per heavy atom. The van der Waals surface area contributed by atoms with Crippen molar-refractivity contribution in [3.8, 4) is 5.69 Å². The first-order valence-corrected chi connectivity index (χ1v) is 11.1. The third kappa shape index (κ3) is 4.98. The molecule has 5 heteroatoms. The van der Waals surface area contributed by atoms with E-state index in [1.165, 1.54) is 17.5 Å². The van der Waals surface area contributed by atoms with Crippen LogP contribution in [-0.4, -0.2) is 22.1 Å². The molecular formula is C27H35NO4. The maximum atomic E-state index is 12.8. The molecule has 2 aromatic rings. The smallest absolute Gasteiger partial charge is 0.330 e. The van der Waals surface area contributed by atoms with E-state index in [2.05, 4.69) is 43.5 Å². The number of rotatable bonds is 6. The fourth-order valence-corrected chi connectivity index (χ4v) is 4.36. The van der Waals surface area contributed by atoms with Gasteiger partial charge >= 0.3 is 11.9 Å². The van der Waals surface area contributed by atoms with Crippen LogP contribution in [0.5, 0.6) is 0 Å². The number of benzene rings is 1. The number of esters is 2. The van der Waals surface area contributed by atoms with E-state index < -0.39 is 11.6 Å². The first-order valence-electron chi connectivity index (χ1n) is 11.1. The van der Waals surface area contributed by atoms with Crippen LogP contribution in [-0.2, 0) is 25.7 Å². The van der Waals surface area contributed by atoms with E-state index in [4.69, 9.17) is 9.47 Å². The highest BCUT2D eigenvalue weighted by atomic mass is 16.6. The monoisotopic (exact) mass is 437 g/mol. The second kappa shape index (κ2) is 8.61. The summed E-state index contributed by atoms with van der Waals surface area (Å²) in [5, 5.41) is 0. The molecule has 0 bridgehead atoms. The van der Waals surface area contributed by atoms with Crippen molar-refractivity contribution in [1.29, 1.82) is 0 Å². The average Bonchev–Trinajstić information content (AvgIpc) is 3.07.